The molecule has 0 bridgehead atoms. The summed E-state index contributed by atoms with van der Waals surface area (Å²) in [5, 5.41) is 11.6. The van der Waals surface area contributed by atoms with Crippen molar-refractivity contribution in [2.45, 2.75) is 26.2 Å². The Kier molecular flexibility index (Phi) is 6.73. The van der Waals surface area contributed by atoms with Crippen molar-refractivity contribution >= 4 is 17.5 Å². The molecule has 0 fully saturated rings. The molecule has 0 aromatic heterocycles. The van der Waals surface area contributed by atoms with Crippen molar-refractivity contribution in [2.75, 3.05) is 7.11 Å². The Balaban J connectivity index is 1.77. The number of nitrogens with zero attached hydrogens (tertiary/aromatic N) is 1. The monoisotopic (exact) mass is 431 g/mol. The quantitative estimate of drug-likeness (QED) is 0.182. The third-order valence-corrected chi connectivity index (χ3v) is 4.93. The molecule has 0 N–H and O–H groups in total. The molecule has 0 amide bonds. The van der Waals surface area contributed by atoms with Crippen molar-refractivity contribution in [3.05, 3.63) is 99.6 Å². The zero-order valence-electron chi connectivity index (χ0n) is 18.5. The molecular weight excluding hydrogens is 406 g/mol. The first kappa shape index (κ1) is 22.7. The molecule has 0 aliphatic rings. The van der Waals surface area contributed by atoms with Gasteiger partial charge in [-0.2, -0.15) is 0 Å². The molecule has 6 heteroatoms. The van der Waals surface area contributed by atoms with Crippen LogP contribution >= 0.6 is 0 Å². The number of carbonyl (C=O) groups excluding carboxylic acids is 1. The molecule has 0 aliphatic heterocycles. The lowest BCUT2D eigenvalue weighted by Crippen LogP contribution is -2.11. The molecule has 0 radical (unpaired) electrons. The van der Waals surface area contributed by atoms with Crippen LogP contribution in [-0.2, 0) is 5.41 Å². The summed E-state index contributed by atoms with van der Waals surface area (Å²) in [5.74, 6) is 1.05. The van der Waals surface area contributed by atoms with Gasteiger partial charge < -0.3 is 9.47 Å². The van der Waals surface area contributed by atoms with E-state index >= 15 is 0 Å². The van der Waals surface area contributed by atoms with E-state index < -0.39 is 4.92 Å². The second-order valence-corrected chi connectivity index (χ2v) is 8.29. The fraction of sp³-hybridized carbons (Fsp3) is 0.192. The lowest BCUT2D eigenvalue weighted by Gasteiger charge is -2.18. The van der Waals surface area contributed by atoms with Gasteiger partial charge in [-0.05, 0) is 52.9 Å². The van der Waals surface area contributed by atoms with Gasteiger partial charge in [0.15, 0.2) is 5.78 Å². The van der Waals surface area contributed by atoms with Crippen LogP contribution in [0.25, 0.3) is 6.08 Å². The fourth-order valence-electron chi connectivity index (χ4n) is 3.04. The average Bonchev–Trinajstić information content (AvgIpc) is 2.78. The summed E-state index contributed by atoms with van der Waals surface area (Å²) in [4.78, 5) is 23.5. The molecule has 3 aromatic rings. The molecule has 0 saturated carbocycles. The topological polar surface area (TPSA) is 78.7 Å². The number of hydrogen-bond acceptors (Lipinski definition) is 5. The predicted molar refractivity (Wildman–Crippen MR) is 125 cm³/mol. The van der Waals surface area contributed by atoms with Gasteiger partial charge in [0.25, 0.3) is 0 Å². The first-order valence-corrected chi connectivity index (χ1v) is 10.1. The molecule has 0 saturated heterocycles. The number of ketones is 1. The van der Waals surface area contributed by atoms with Crippen molar-refractivity contribution in [2.24, 2.45) is 0 Å². The van der Waals surface area contributed by atoms with Crippen LogP contribution in [0.15, 0.2) is 72.8 Å². The van der Waals surface area contributed by atoms with Crippen LogP contribution in [0.1, 0.15) is 42.3 Å². The Morgan fingerprint density at radius 2 is 1.56 bits per heavy atom. The Labute approximate surface area is 187 Å². The number of nitro groups is 1. The van der Waals surface area contributed by atoms with Gasteiger partial charge in [0.2, 0.25) is 5.75 Å². The van der Waals surface area contributed by atoms with E-state index in [0.29, 0.717) is 22.6 Å². The Morgan fingerprint density at radius 3 is 2.12 bits per heavy atom. The highest BCUT2D eigenvalue weighted by Gasteiger charge is 2.17. The molecule has 0 spiro atoms. The largest absolute Gasteiger partial charge is 0.497 e. The zero-order valence-corrected chi connectivity index (χ0v) is 18.5. The van der Waals surface area contributed by atoms with Crippen LogP contribution < -0.4 is 9.47 Å². The van der Waals surface area contributed by atoms with Crippen LogP contribution in [0.5, 0.6) is 17.2 Å². The maximum absolute atomic E-state index is 12.5. The molecule has 32 heavy (non-hydrogen) atoms. The predicted octanol–water partition coefficient (Wildman–Crippen LogP) is 6.59. The van der Waals surface area contributed by atoms with Gasteiger partial charge in [0.1, 0.15) is 11.5 Å². The van der Waals surface area contributed by atoms with E-state index in [1.54, 1.807) is 55.7 Å². The Bertz CT molecular complexity index is 1140. The van der Waals surface area contributed by atoms with Gasteiger partial charge in [0, 0.05) is 11.6 Å². The van der Waals surface area contributed by atoms with E-state index in [-0.39, 0.29) is 22.6 Å². The van der Waals surface area contributed by atoms with Gasteiger partial charge in [0.05, 0.1) is 12.0 Å². The van der Waals surface area contributed by atoms with E-state index in [1.807, 2.05) is 12.1 Å². The second kappa shape index (κ2) is 9.47. The number of benzene rings is 3. The second-order valence-electron chi connectivity index (χ2n) is 8.29. The lowest BCUT2D eigenvalue weighted by molar-refractivity contribution is -0.385. The molecule has 0 unspecified atom stereocenters. The van der Waals surface area contributed by atoms with Crippen molar-refractivity contribution in [3.63, 3.8) is 0 Å². The van der Waals surface area contributed by atoms with E-state index in [0.717, 1.165) is 5.56 Å². The van der Waals surface area contributed by atoms with Crippen LogP contribution in [0.3, 0.4) is 0 Å². The van der Waals surface area contributed by atoms with Crippen LogP contribution in [0.2, 0.25) is 0 Å². The highest BCUT2D eigenvalue weighted by Crippen LogP contribution is 2.33. The van der Waals surface area contributed by atoms with Crippen LogP contribution in [0.4, 0.5) is 5.69 Å². The summed E-state index contributed by atoms with van der Waals surface area (Å²) in [6, 6.07) is 18.8. The summed E-state index contributed by atoms with van der Waals surface area (Å²) in [6.07, 6.45) is 2.97. The Morgan fingerprint density at radius 1 is 0.938 bits per heavy atom. The maximum atomic E-state index is 12.5. The molecule has 0 atom stereocenters. The molecule has 0 aliphatic carbocycles. The molecule has 3 aromatic carbocycles. The molecule has 164 valence electrons. The van der Waals surface area contributed by atoms with Gasteiger partial charge in [-0.25, -0.2) is 0 Å². The first-order valence-electron chi connectivity index (χ1n) is 10.1. The molecular formula is C26H25NO5. The van der Waals surface area contributed by atoms with Crippen molar-refractivity contribution in [1.29, 1.82) is 0 Å². The van der Waals surface area contributed by atoms with E-state index in [4.69, 9.17) is 9.47 Å². The minimum atomic E-state index is -0.511. The number of rotatable bonds is 7. The fourth-order valence-corrected chi connectivity index (χ4v) is 3.04. The van der Waals surface area contributed by atoms with Crippen molar-refractivity contribution < 1.29 is 19.2 Å². The number of ether oxygens (including phenoxy) is 2. The highest BCUT2D eigenvalue weighted by atomic mass is 16.6. The smallest absolute Gasteiger partial charge is 0.312 e. The number of methoxy groups -OCH3 is 1. The molecule has 0 heterocycles. The highest BCUT2D eigenvalue weighted by molar-refractivity contribution is 6.06. The van der Waals surface area contributed by atoms with E-state index in [2.05, 4.69) is 20.8 Å². The van der Waals surface area contributed by atoms with Gasteiger partial charge in [-0.1, -0.05) is 57.2 Å². The number of carbonyl (C=O) groups is 1. The van der Waals surface area contributed by atoms with Gasteiger partial charge in [-0.15, -0.1) is 0 Å². The average molecular weight is 431 g/mol. The van der Waals surface area contributed by atoms with Crippen LogP contribution in [0, 0.1) is 10.1 Å². The van der Waals surface area contributed by atoms with Gasteiger partial charge in [-0.3, -0.25) is 14.9 Å². The third-order valence-electron chi connectivity index (χ3n) is 4.93. The van der Waals surface area contributed by atoms with E-state index in [1.165, 1.54) is 18.2 Å². The molecule has 6 nitrogen and oxygen atoms in total. The zero-order chi connectivity index (χ0) is 23.3. The lowest BCUT2D eigenvalue weighted by atomic mass is 9.86. The summed E-state index contributed by atoms with van der Waals surface area (Å²) < 4.78 is 10.8. The van der Waals surface area contributed by atoms with Crippen LogP contribution in [-0.4, -0.2) is 17.8 Å². The van der Waals surface area contributed by atoms with Crippen molar-refractivity contribution in [3.8, 4) is 17.2 Å². The molecule has 3 rings (SSSR count). The maximum Gasteiger partial charge on any atom is 0.312 e. The summed E-state index contributed by atoms with van der Waals surface area (Å²) in [6.45, 7) is 6.33. The summed E-state index contributed by atoms with van der Waals surface area (Å²) in [7, 11) is 1.55. The SMILES string of the molecule is COc1ccc(Oc2ccc(/C=C/C(=O)c3ccc(C(C)(C)C)cc3)cc2[N+](=O)[O-])cc1. The summed E-state index contributed by atoms with van der Waals surface area (Å²) in [5.41, 5.74) is 2.04. The minimum Gasteiger partial charge on any atom is -0.497 e. The van der Waals surface area contributed by atoms with Gasteiger partial charge >= 0.3 is 5.69 Å². The number of hydrogen-bond donors (Lipinski definition) is 0. The third kappa shape index (κ3) is 5.60. The normalized spacial score (nSPS) is 11.4. The Hall–Kier alpha value is -3.93. The van der Waals surface area contributed by atoms with Crippen molar-refractivity contribution in [1.82, 2.24) is 0 Å². The number of allylic oxidation sites excluding steroid dienone is 1. The number of nitro benzene ring substituents is 1. The first-order chi connectivity index (χ1) is 15.2. The standard InChI is InChI=1S/C26H25NO5/c1-26(2,3)20-9-7-19(8-10-20)24(28)15-5-18-6-16-25(23(17-18)27(29)30)32-22-13-11-21(31-4)12-14-22/h5-17H,1-4H3/b15-5+. The summed E-state index contributed by atoms with van der Waals surface area (Å²) >= 11 is 0. The minimum absolute atomic E-state index is 0.00594. The van der Waals surface area contributed by atoms with E-state index in [9.17, 15) is 14.9 Å².